The van der Waals surface area contributed by atoms with Crippen molar-refractivity contribution in [2.24, 2.45) is 5.41 Å². The van der Waals surface area contributed by atoms with Gasteiger partial charge < -0.3 is 19.9 Å². The Bertz CT molecular complexity index is 535. The number of hydrogen-bond donors (Lipinski definition) is 2. The highest BCUT2D eigenvalue weighted by molar-refractivity contribution is 5.94. The Morgan fingerprint density at radius 3 is 2.62 bits per heavy atom. The predicted molar refractivity (Wildman–Crippen MR) is 75.8 cm³/mol. The lowest BCUT2D eigenvalue weighted by Crippen LogP contribution is -2.29. The second-order valence-electron chi connectivity index (χ2n) is 5.61. The summed E-state index contributed by atoms with van der Waals surface area (Å²) in [5.74, 6) is -1.34. The van der Waals surface area contributed by atoms with Crippen LogP contribution in [0.25, 0.3) is 0 Å². The molecule has 1 saturated heterocycles. The van der Waals surface area contributed by atoms with E-state index in [1.54, 1.807) is 18.2 Å². The summed E-state index contributed by atoms with van der Waals surface area (Å²) in [6, 6.07) is 7.15. The van der Waals surface area contributed by atoms with Crippen molar-refractivity contribution in [2.45, 2.75) is 26.6 Å². The molecule has 1 aromatic rings. The van der Waals surface area contributed by atoms with Crippen LogP contribution >= 0.6 is 0 Å². The molecule has 0 atom stereocenters. The Labute approximate surface area is 123 Å². The van der Waals surface area contributed by atoms with Gasteiger partial charge in [0, 0.05) is 17.7 Å². The summed E-state index contributed by atoms with van der Waals surface area (Å²) in [7, 11) is 0. The predicted octanol–water partition coefficient (Wildman–Crippen LogP) is 2.17. The molecule has 0 aliphatic carbocycles. The van der Waals surface area contributed by atoms with Gasteiger partial charge in [0.2, 0.25) is 5.91 Å². The Hall–Kier alpha value is -1.92. The number of ether oxygens (including phenoxy) is 2. The summed E-state index contributed by atoms with van der Waals surface area (Å²) in [6.07, 6.45) is -0.500. The third-order valence-electron chi connectivity index (χ3n) is 3.25. The van der Waals surface area contributed by atoms with Gasteiger partial charge in [-0.2, -0.15) is 0 Å². The topological polar surface area (TPSA) is 84.9 Å². The fourth-order valence-corrected chi connectivity index (χ4v) is 2.00. The quantitative estimate of drug-likeness (QED) is 0.869. The first-order valence-electron chi connectivity index (χ1n) is 6.75. The van der Waals surface area contributed by atoms with Crippen LogP contribution in [0.3, 0.4) is 0 Å². The largest absolute Gasteiger partial charge is 0.481 e. The standard InChI is InChI=1S/C15H19NO5/c1-15(2,14(18)19)9-12(17)16-11-5-3-4-10(8-11)13-20-6-7-21-13/h3-5,8,13H,6-7,9H2,1-2H3,(H,16,17)(H,18,19). The van der Waals surface area contributed by atoms with Gasteiger partial charge in [0.05, 0.1) is 18.6 Å². The number of carboxylic acids is 1. The number of hydrogen-bond acceptors (Lipinski definition) is 4. The zero-order valence-electron chi connectivity index (χ0n) is 12.1. The Morgan fingerprint density at radius 2 is 2.00 bits per heavy atom. The zero-order chi connectivity index (χ0) is 15.5. The van der Waals surface area contributed by atoms with E-state index in [1.807, 2.05) is 6.07 Å². The minimum atomic E-state index is -1.10. The van der Waals surface area contributed by atoms with Gasteiger partial charge in [-0.05, 0) is 26.0 Å². The molecule has 6 nitrogen and oxygen atoms in total. The summed E-state index contributed by atoms with van der Waals surface area (Å²) in [4.78, 5) is 23.0. The van der Waals surface area contributed by atoms with E-state index in [0.29, 0.717) is 18.9 Å². The van der Waals surface area contributed by atoms with Crippen molar-refractivity contribution < 1.29 is 24.2 Å². The third-order valence-corrected chi connectivity index (χ3v) is 3.25. The molecule has 0 aromatic heterocycles. The summed E-state index contributed by atoms with van der Waals surface area (Å²) < 4.78 is 10.8. The first kappa shape index (κ1) is 15.5. The highest BCUT2D eigenvalue weighted by atomic mass is 16.7. The van der Waals surface area contributed by atoms with Gasteiger partial charge in [-0.3, -0.25) is 9.59 Å². The van der Waals surface area contributed by atoms with Gasteiger partial charge in [-0.25, -0.2) is 0 Å². The summed E-state index contributed by atoms with van der Waals surface area (Å²) >= 11 is 0. The van der Waals surface area contributed by atoms with Crippen molar-refractivity contribution >= 4 is 17.6 Å². The van der Waals surface area contributed by atoms with Crippen molar-refractivity contribution in [1.82, 2.24) is 0 Å². The van der Waals surface area contributed by atoms with Crippen LogP contribution in [0.2, 0.25) is 0 Å². The first-order valence-corrected chi connectivity index (χ1v) is 6.75. The Balaban J connectivity index is 2.01. The van der Waals surface area contributed by atoms with E-state index in [4.69, 9.17) is 14.6 Å². The van der Waals surface area contributed by atoms with Crippen molar-refractivity contribution in [3.05, 3.63) is 29.8 Å². The summed E-state index contributed by atoms with van der Waals surface area (Å²) in [5.41, 5.74) is 0.319. The molecule has 6 heteroatoms. The van der Waals surface area contributed by atoms with E-state index < -0.39 is 17.7 Å². The first-order chi connectivity index (χ1) is 9.88. The fourth-order valence-electron chi connectivity index (χ4n) is 2.00. The number of carbonyl (C=O) groups excluding carboxylic acids is 1. The summed E-state index contributed by atoms with van der Waals surface area (Å²) in [5, 5.41) is 11.7. The van der Waals surface area contributed by atoms with Crippen LogP contribution in [-0.4, -0.2) is 30.2 Å². The van der Waals surface area contributed by atoms with Gasteiger partial charge in [0.15, 0.2) is 6.29 Å². The van der Waals surface area contributed by atoms with Crippen LogP contribution in [0, 0.1) is 5.41 Å². The lowest BCUT2D eigenvalue weighted by atomic mass is 9.89. The van der Waals surface area contributed by atoms with E-state index in [1.165, 1.54) is 13.8 Å². The van der Waals surface area contributed by atoms with Gasteiger partial charge in [0.25, 0.3) is 0 Å². The molecular weight excluding hydrogens is 274 g/mol. The monoisotopic (exact) mass is 293 g/mol. The molecule has 2 N–H and O–H groups in total. The number of amides is 1. The lowest BCUT2D eigenvalue weighted by molar-refractivity contribution is -0.148. The maximum absolute atomic E-state index is 11.9. The smallest absolute Gasteiger partial charge is 0.309 e. The number of nitrogens with one attached hydrogen (secondary N) is 1. The van der Waals surface area contributed by atoms with Crippen LogP contribution in [0.5, 0.6) is 0 Å². The molecule has 0 radical (unpaired) electrons. The van der Waals surface area contributed by atoms with Crippen LogP contribution in [0.15, 0.2) is 24.3 Å². The molecule has 1 aromatic carbocycles. The highest BCUT2D eigenvalue weighted by Gasteiger charge is 2.30. The van der Waals surface area contributed by atoms with E-state index in [2.05, 4.69) is 5.32 Å². The zero-order valence-corrected chi connectivity index (χ0v) is 12.1. The number of aliphatic carboxylic acids is 1. The molecule has 1 amide bonds. The number of anilines is 1. The van der Waals surface area contributed by atoms with Gasteiger partial charge in [0.1, 0.15) is 0 Å². The maximum Gasteiger partial charge on any atom is 0.309 e. The molecule has 1 aliphatic rings. The molecule has 1 aliphatic heterocycles. The SMILES string of the molecule is CC(C)(CC(=O)Nc1cccc(C2OCCO2)c1)C(=O)O. The van der Waals surface area contributed by atoms with E-state index >= 15 is 0 Å². The number of carbonyl (C=O) groups is 2. The highest BCUT2D eigenvalue weighted by Crippen LogP contribution is 2.26. The van der Waals surface area contributed by atoms with E-state index in [-0.39, 0.29) is 12.3 Å². The van der Waals surface area contributed by atoms with Gasteiger partial charge in [-0.1, -0.05) is 12.1 Å². The second-order valence-corrected chi connectivity index (χ2v) is 5.61. The van der Waals surface area contributed by atoms with Crippen LogP contribution in [0.4, 0.5) is 5.69 Å². The van der Waals surface area contributed by atoms with E-state index in [9.17, 15) is 9.59 Å². The molecule has 0 saturated carbocycles. The molecule has 0 unspecified atom stereocenters. The number of benzene rings is 1. The third kappa shape index (κ3) is 4.03. The minimum Gasteiger partial charge on any atom is -0.481 e. The Kier molecular flexibility index (Phi) is 4.59. The normalized spacial score (nSPS) is 15.9. The number of rotatable bonds is 5. The average Bonchev–Trinajstić information content (AvgIpc) is 2.91. The molecule has 0 bridgehead atoms. The molecule has 1 fully saturated rings. The van der Waals surface area contributed by atoms with Crippen molar-refractivity contribution in [3.63, 3.8) is 0 Å². The minimum absolute atomic E-state index is 0.0943. The van der Waals surface area contributed by atoms with E-state index in [0.717, 1.165) is 5.56 Å². The van der Waals surface area contributed by atoms with Crippen molar-refractivity contribution in [3.8, 4) is 0 Å². The number of carboxylic acid groups (broad SMARTS) is 1. The molecule has 21 heavy (non-hydrogen) atoms. The maximum atomic E-state index is 11.9. The lowest BCUT2D eigenvalue weighted by Gasteiger charge is -2.18. The fraction of sp³-hybridized carbons (Fsp3) is 0.467. The molecular formula is C15H19NO5. The molecule has 2 rings (SSSR count). The second kappa shape index (κ2) is 6.24. The van der Waals surface area contributed by atoms with Gasteiger partial charge in [-0.15, -0.1) is 0 Å². The van der Waals surface area contributed by atoms with Crippen molar-refractivity contribution in [2.75, 3.05) is 18.5 Å². The average molecular weight is 293 g/mol. The molecule has 1 heterocycles. The van der Waals surface area contributed by atoms with Crippen LogP contribution in [-0.2, 0) is 19.1 Å². The molecule has 0 spiro atoms. The summed E-state index contributed by atoms with van der Waals surface area (Å²) in [6.45, 7) is 4.14. The van der Waals surface area contributed by atoms with Crippen molar-refractivity contribution in [1.29, 1.82) is 0 Å². The van der Waals surface area contributed by atoms with Gasteiger partial charge >= 0.3 is 5.97 Å². The van der Waals surface area contributed by atoms with Crippen LogP contribution in [0.1, 0.15) is 32.1 Å². The molecule has 114 valence electrons. The van der Waals surface area contributed by atoms with Crippen LogP contribution < -0.4 is 5.32 Å². The Morgan fingerprint density at radius 1 is 1.33 bits per heavy atom.